The molecule has 2 rings (SSSR count). The lowest BCUT2D eigenvalue weighted by atomic mass is 10.2. The first-order valence-corrected chi connectivity index (χ1v) is 5.96. The number of rotatable bonds is 4. The highest BCUT2D eigenvalue weighted by atomic mass is 16.5. The Balaban J connectivity index is 2.04. The van der Waals surface area contributed by atoms with Crippen molar-refractivity contribution in [3.05, 3.63) is 53.9 Å². The van der Waals surface area contributed by atoms with Crippen LogP contribution in [0.5, 0.6) is 5.75 Å². The third-order valence-corrected chi connectivity index (χ3v) is 2.40. The number of ether oxygens (including phenoxy) is 2. The van der Waals surface area contributed by atoms with Crippen LogP contribution in [0.2, 0.25) is 0 Å². The zero-order chi connectivity index (χ0) is 14.4. The van der Waals surface area contributed by atoms with E-state index >= 15 is 0 Å². The minimum Gasteiger partial charge on any atom is -0.462 e. The zero-order valence-corrected chi connectivity index (χ0v) is 10.8. The zero-order valence-electron chi connectivity index (χ0n) is 10.8. The molecule has 0 aliphatic rings. The van der Waals surface area contributed by atoms with Gasteiger partial charge in [0.15, 0.2) is 0 Å². The number of esters is 2. The van der Waals surface area contributed by atoms with E-state index in [0.717, 1.165) is 0 Å². The summed E-state index contributed by atoms with van der Waals surface area (Å²) in [6.07, 6.45) is 2.72. The smallest absolute Gasteiger partial charge is 0.345 e. The van der Waals surface area contributed by atoms with Crippen molar-refractivity contribution in [1.82, 2.24) is 10.2 Å². The van der Waals surface area contributed by atoms with Crippen LogP contribution in [0.1, 0.15) is 27.6 Å². The molecule has 0 fully saturated rings. The molecule has 1 aromatic carbocycles. The van der Waals surface area contributed by atoms with Gasteiger partial charge in [-0.2, -0.15) is 10.2 Å². The lowest BCUT2D eigenvalue weighted by Gasteiger charge is -2.05. The molecule has 0 saturated heterocycles. The van der Waals surface area contributed by atoms with Crippen molar-refractivity contribution in [3.63, 3.8) is 0 Å². The van der Waals surface area contributed by atoms with Crippen molar-refractivity contribution in [2.75, 3.05) is 6.61 Å². The molecule has 0 N–H and O–H groups in total. The van der Waals surface area contributed by atoms with Crippen LogP contribution in [0.4, 0.5) is 0 Å². The summed E-state index contributed by atoms with van der Waals surface area (Å²) >= 11 is 0. The maximum absolute atomic E-state index is 11.8. The molecule has 1 aromatic heterocycles. The molecular formula is C14H12N2O4. The van der Waals surface area contributed by atoms with Crippen LogP contribution in [0, 0.1) is 0 Å². The molecular weight excluding hydrogens is 260 g/mol. The summed E-state index contributed by atoms with van der Waals surface area (Å²) in [4.78, 5) is 23.2. The minimum atomic E-state index is -0.538. The molecule has 0 saturated carbocycles. The van der Waals surface area contributed by atoms with Gasteiger partial charge in [0.2, 0.25) is 0 Å². The molecule has 20 heavy (non-hydrogen) atoms. The fourth-order valence-electron chi connectivity index (χ4n) is 1.45. The minimum absolute atomic E-state index is 0.300. The van der Waals surface area contributed by atoms with E-state index in [1.165, 1.54) is 42.7 Å². The largest absolute Gasteiger partial charge is 0.462 e. The summed E-state index contributed by atoms with van der Waals surface area (Å²) in [5.41, 5.74) is 0.701. The van der Waals surface area contributed by atoms with Gasteiger partial charge in [0.05, 0.1) is 30.1 Å². The van der Waals surface area contributed by atoms with Crippen LogP contribution >= 0.6 is 0 Å². The van der Waals surface area contributed by atoms with E-state index in [0.29, 0.717) is 23.5 Å². The molecule has 6 nitrogen and oxygen atoms in total. The van der Waals surface area contributed by atoms with Crippen LogP contribution < -0.4 is 4.74 Å². The Morgan fingerprint density at radius 2 is 1.75 bits per heavy atom. The predicted molar refractivity (Wildman–Crippen MR) is 69.4 cm³/mol. The SMILES string of the molecule is CCOC(=O)c1ccc(OC(=O)c2ccnnc2)cc1. The fourth-order valence-corrected chi connectivity index (χ4v) is 1.45. The van der Waals surface area contributed by atoms with E-state index in [1.54, 1.807) is 6.92 Å². The van der Waals surface area contributed by atoms with Gasteiger partial charge in [-0.3, -0.25) is 0 Å². The molecule has 0 radical (unpaired) electrons. The molecule has 102 valence electrons. The van der Waals surface area contributed by atoms with Gasteiger partial charge < -0.3 is 9.47 Å². The van der Waals surface area contributed by atoms with Crippen molar-refractivity contribution >= 4 is 11.9 Å². The second-order valence-corrected chi connectivity index (χ2v) is 3.77. The average molecular weight is 272 g/mol. The normalized spacial score (nSPS) is 9.85. The summed E-state index contributed by atoms with van der Waals surface area (Å²) in [6.45, 7) is 2.04. The molecule has 0 amide bonds. The quantitative estimate of drug-likeness (QED) is 0.624. The van der Waals surface area contributed by atoms with Gasteiger partial charge in [-0.15, -0.1) is 0 Å². The molecule has 0 bridgehead atoms. The van der Waals surface area contributed by atoms with Crippen molar-refractivity contribution in [1.29, 1.82) is 0 Å². The molecule has 0 atom stereocenters. The standard InChI is InChI=1S/C14H12N2O4/c1-2-19-13(17)10-3-5-12(6-4-10)20-14(18)11-7-8-15-16-9-11/h3-9H,2H2,1H3. The Morgan fingerprint density at radius 1 is 1.00 bits per heavy atom. The third kappa shape index (κ3) is 3.38. The first kappa shape index (κ1) is 13.7. The third-order valence-electron chi connectivity index (χ3n) is 2.40. The summed E-state index contributed by atoms with van der Waals surface area (Å²) in [7, 11) is 0. The Labute approximate surface area is 115 Å². The first-order chi connectivity index (χ1) is 9.70. The fraction of sp³-hybridized carbons (Fsp3) is 0.143. The summed E-state index contributed by atoms with van der Waals surface area (Å²) in [5.74, 6) is -0.618. The number of aromatic nitrogens is 2. The highest BCUT2D eigenvalue weighted by Crippen LogP contribution is 2.14. The maximum Gasteiger partial charge on any atom is 0.345 e. The number of carbonyl (C=O) groups is 2. The Morgan fingerprint density at radius 3 is 2.35 bits per heavy atom. The van der Waals surface area contributed by atoms with Gasteiger partial charge in [-0.05, 0) is 37.3 Å². The number of hydrogen-bond donors (Lipinski definition) is 0. The molecule has 0 spiro atoms. The molecule has 6 heteroatoms. The molecule has 1 heterocycles. The van der Waals surface area contributed by atoms with E-state index < -0.39 is 11.9 Å². The van der Waals surface area contributed by atoms with Gasteiger partial charge in [0.1, 0.15) is 5.75 Å². The Hall–Kier alpha value is -2.76. The number of carbonyl (C=O) groups excluding carboxylic acids is 2. The second kappa shape index (κ2) is 6.42. The first-order valence-electron chi connectivity index (χ1n) is 5.96. The lowest BCUT2D eigenvalue weighted by molar-refractivity contribution is 0.0526. The summed E-state index contributed by atoms with van der Waals surface area (Å²) in [6, 6.07) is 7.62. The van der Waals surface area contributed by atoms with E-state index in [9.17, 15) is 9.59 Å². The lowest BCUT2D eigenvalue weighted by Crippen LogP contribution is -2.09. The van der Waals surface area contributed by atoms with Gasteiger partial charge in [-0.25, -0.2) is 9.59 Å². The summed E-state index contributed by atoms with van der Waals surface area (Å²) in [5, 5.41) is 7.17. The van der Waals surface area contributed by atoms with Gasteiger partial charge in [0.25, 0.3) is 0 Å². The van der Waals surface area contributed by atoms with E-state index in [-0.39, 0.29) is 0 Å². The average Bonchev–Trinajstić information content (AvgIpc) is 2.49. The van der Waals surface area contributed by atoms with Crippen molar-refractivity contribution < 1.29 is 19.1 Å². The van der Waals surface area contributed by atoms with Gasteiger partial charge >= 0.3 is 11.9 Å². The Kier molecular flexibility index (Phi) is 4.39. The number of nitrogens with zero attached hydrogens (tertiary/aromatic N) is 2. The van der Waals surface area contributed by atoms with Crippen molar-refractivity contribution in [3.8, 4) is 5.75 Å². The van der Waals surface area contributed by atoms with E-state index in [2.05, 4.69) is 10.2 Å². The van der Waals surface area contributed by atoms with Crippen molar-refractivity contribution in [2.45, 2.75) is 6.92 Å². The topological polar surface area (TPSA) is 78.4 Å². The van der Waals surface area contributed by atoms with Crippen molar-refractivity contribution in [2.24, 2.45) is 0 Å². The van der Waals surface area contributed by atoms with Gasteiger partial charge in [0, 0.05) is 0 Å². The van der Waals surface area contributed by atoms with Crippen LogP contribution in [0.15, 0.2) is 42.7 Å². The maximum atomic E-state index is 11.8. The van der Waals surface area contributed by atoms with Crippen LogP contribution in [-0.4, -0.2) is 28.7 Å². The Bertz CT molecular complexity index is 596. The highest BCUT2D eigenvalue weighted by molar-refractivity contribution is 5.91. The molecule has 2 aromatic rings. The monoisotopic (exact) mass is 272 g/mol. The molecule has 0 aliphatic heterocycles. The molecule has 0 unspecified atom stereocenters. The number of benzene rings is 1. The second-order valence-electron chi connectivity index (χ2n) is 3.77. The molecule has 0 aliphatic carbocycles. The number of hydrogen-bond acceptors (Lipinski definition) is 6. The van der Waals surface area contributed by atoms with Crippen LogP contribution in [0.3, 0.4) is 0 Å². The van der Waals surface area contributed by atoms with E-state index in [4.69, 9.17) is 9.47 Å². The van der Waals surface area contributed by atoms with Gasteiger partial charge in [-0.1, -0.05) is 0 Å². The highest BCUT2D eigenvalue weighted by Gasteiger charge is 2.10. The van der Waals surface area contributed by atoms with E-state index in [1.807, 2.05) is 0 Å². The predicted octanol–water partition coefficient (Wildman–Crippen LogP) is 1.87. The summed E-state index contributed by atoms with van der Waals surface area (Å²) < 4.78 is 9.99. The van der Waals surface area contributed by atoms with Crippen LogP contribution in [-0.2, 0) is 4.74 Å². The van der Waals surface area contributed by atoms with Crippen LogP contribution in [0.25, 0.3) is 0 Å².